The van der Waals surface area contributed by atoms with Gasteiger partial charge in [0.1, 0.15) is 6.10 Å². The Bertz CT molecular complexity index is 505. The van der Waals surface area contributed by atoms with E-state index >= 15 is 0 Å². The second-order valence-electron chi connectivity index (χ2n) is 4.26. The van der Waals surface area contributed by atoms with Gasteiger partial charge in [0, 0.05) is 0 Å². The maximum Gasteiger partial charge on any atom is 0.417 e. The van der Waals surface area contributed by atoms with Crippen LogP contribution in [0.5, 0.6) is 0 Å². The minimum Gasteiger partial charge on any atom is -0.466 e. The Morgan fingerprint density at radius 3 is 2.52 bits per heavy atom. The summed E-state index contributed by atoms with van der Waals surface area (Å²) in [5.74, 6) is -0.756. The van der Waals surface area contributed by atoms with Gasteiger partial charge in [-0.05, 0) is 24.6 Å². The van der Waals surface area contributed by atoms with E-state index in [1.54, 1.807) is 6.92 Å². The zero-order valence-electron chi connectivity index (χ0n) is 11.0. The summed E-state index contributed by atoms with van der Waals surface area (Å²) in [6.45, 7) is 1.66. The fraction of sp³-hybridized carbons (Fsp3) is 0.462. The van der Waals surface area contributed by atoms with Gasteiger partial charge >= 0.3 is 12.1 Å². The number of rotatable bonds is 5. The van der Waals surface area contributed by atoms with Gasteiger partial charge in [-0.2, -0.15) is 13.2 Å². The van der Waals surface area contributed by atoms with Gasteiger partial charge in [0.2, 0.25) is 0 Å². The van der Waals surface area contributed by atoms with E-state index in [2.05, 4.69) is 4.74 Å². The molecule has 0 fully saturated rings. The van der Waals surface area contributed by atoms with Gasteiger partial charge < -0.3 is 14.9 Å². The number of carbonyl (C=O) groups excluding carboxylic acids is 1. The van der Waals surface area contributed by atoms with Crippen LogP contribution in [-0.4, -0.2) is 28.9 Å². The summed E-state index contributed by atoms with van der Waals surface area (Å²) in [6, 6.07) is 2.76. The maximum atomic E-state index is 12.7. The normalized spacial score (nSPS) is 14.6. The van der Waals surface area contributed by atoms with Crippen LogP contribution in [-0.2, 0) is 15.7 Å². The quantitative estimate of drug-likeness (QED) is 0.816. The highest BCUT2D eigenvalue weighted by Crippen LogP contribution is 2.36. The molecule has 118 valence electrons. The number of ether oxygens (including phenoxy) is 1. The first-order chi connectivity index (χ1) is 9.66. The lowest BCUT2D eigenvalue weighted by Gasteiger charge is -2.19. The number of benzene rings is 1. The molecule has 8 heteroatoms. The molecule has 2 atom stereocenters. The molecule has 0 heterocycles. The van der Waals surface area contributed by atoms with Crippen molar-refractivity contribution in [1.82, 2.24) is 0 Å². The number of hydrogen-bond donors (Lipinski definition) is 2. The molecule has 1 aromatic rings. The van der Waals surface area contributed by atoms with Gasteiger partial charge in [-0.25, -0.2) is 0 Å². The standard InChI is InChI=1S/C13H14ClF3O4/c1-2-21-11(19)6-10(18)12(20)7-3-4-9(14)8(5-7)13(15,16)17/h3-5,10,12,18,20H,2,6H2,1H3. The molecule has 2 unspecified atom stereocenters. The van der Waals surface area contributed by atoms with E-state index in [0.717, 1.165) is 12.1 Å². The van der Waals surface area contributed by atoms with Gasteiger partial charge in [-0.1, -0.05) is 17.7 Å². The van der Waals surface area contributed by atoms with E-state index in [9.17, 15) is 28.2 Å². The van der Waals surface area contributed by atoms with Crippen molar-refractivity contribution in [2.24, 2.45) is 0 Å². The molecule has 0 aliphatic rings. The van der Waals surface area contributed by atoms with E-state index in [1.807, 2.05) is 0 Å². The van der Waals surface area contributed by atoms with Crippen LogP contribution >= 0.6 is 11.6 Å². The smallest absolute Gasteiger partial charge is 0.417 e. The van der Waals surface area contributed by atoms with Gasteiger partial charge in [0.05, 0.1) is 29.7 Å². The van der Waals surface area contributed by atoms with E-state index < -0.39 is 41.4 Å². The summed E-state index contributed by atoms with van der Waals surface area (Å²) >= 11 is 5.45. The largest absolute Gasteiger partial charge is 0.466 e. The molecule has 0 bridgehead atoms. The third-order valence-electron chi connectivity index (χ3n) is 2.68. The molecular formula is C13H14ClF3O4. The molecule has 1 aromatic carbocycles. The Morgan fingerprint density at radius 2 is 2.00 bits per heavy atom. The second kappa shape index (κ2) is 7.11. The summed E-state index contributed by atoms with van der Waals surface area (Å²) in [7, 11) is 0. The summed E-state index contributed by atoms with van der Waals surface area (Å²) in [5, 5.41) is 19.0. The monoisotopic (exact) mass is 326 g/mol. The Morgan fingerprint density at radius 1 is 1.38 bits per heavy atom. The summed E-state index contributed by atoms with van der Waals surface area (Å²) in [4.78, 5) is 11.2. The lowest BCUT2D eigenvalue weighted by atomic mass is 10.00. The minimum absolute atomic E-state index is 0.0980. The van der Waals surface area contributed by atoms with Crippen LogP contribution in [0.25, 0.3) is 0 Å². The SMILES string of the molecule is CCOC(=O)CC(O)C(O)c1ccc(Cl)c(C(F)(F)F)c1. The zero-order chi connectivity index (χ0) is 16.2. The van der Waals surface area contributed by atoms with Crippen LogP contribution < -0.4 is 0 Å². The molecule has 0 aliphatic carbocycles. The molecule has 2 N–H and O–H groups in total. The van der Waals surface area contributed by atoms with Crippen LogP contribution in [0.4, 0.5) is 13.2 Å². The minimum atomic E-state index is -4.68. The number of esters is 1. The van der Waals surface area contributed by atoms with Crippen molar-refractivity contribution in [2.75, 3.05) is 6.61 Å². The first-order valence-electron chi connectivity index (χ1n) is 6.05. The Hall–Kier alpha value is -1.31. The van der Waals surface area contributed by atoms with Crippen molar-refractivity contribution in [3.05, 3.63) is 34.3 Å². The highest BCUT2D eigenvalue weighted by Gasteiger charge is 2.34. The average molecular weight is 327 g/mol. The zero-order valence-corrected chi connectivity index (χ0v) is 11.8. The predicted molar refractivity (Wildman–Crippen MR) is 68.7 cm³/mol. The van der Waals surface area contributed by atoms with Crippen molar-refractivity contribution in [2.45, 2.75) is 31.7 Å². The van der Waals surface area contributed by atoms with Crippen LogP contribution in [0, 0.1) is 0 Å². The Labute approximate surface area is 124 Å². The first kappa shape index (κ1) is 17.7. The van der Waals surface area contributed by atoms with Crippen molar-refractivity contribution in [1.29, 1.82) is 0 Å². The Kier molecular flexibility index (Phi) is 6.00. The summed E-state index contributed by atoms with van der Waals surface area (Å²) in [6.07, 6.45) is -8.45. The summed E-state index contributed by atoms with van der Waals surface area (Å²) in [5.41, 5.74) is -1.31. The molecule has 21 heavy (non-hydrogen) atoms. The lowest BCUT2D eigenvalue weighted by Crippen LogP contribution is -2.23. The maximum absolute atomic E-state index is 12.7. The topological polar surface area (TPSA) is 66.8 Å². The third kappa shape index (κ3) is 4.87. The van der Waals surface area contributed by atoms with Crippen molar-refractivity contribution in [3.63, 3.8) is 0 Å². The molecular weight excluding hydrogens is 313 g/mol. The van der Waals surface area contributed by atoms with Crippen molar-refractivity contribution < 1.29 is 32.9 Å². The first-order valence-corrected chi connectivity index (χ1v) is 6.43. The fourth-order valence-electron chi connectivity index (χ4n) is 1.67. The van der Waals surface area contributed by atoms with Gasteiger partial charge in [-0.15, -0.1) is 0 Å². The van der Waals surface area contributed by atoms with Crippen LogP contribution in [0.1, 0.15) is 30.6 Å². The predicted octanol–water partition coefficient (Wildman–Crippen LogP) is 2.71. The summed E-state index contributed by atoms with van der Waals surface area (Å²) < 4.78 is 42.7. The molecule has 0 amide bonds. The van der Waals surface area contributed by atoms with E-state index in [4.69, 9.17) is 11.6 Å². The highest BCUT2D eigenvalue weighted by molar-refractivity contribution is 6.31. The molecule has 0 aromatic heterocycles. The lowest BCUT2D eigenvalue weighted by molar-refractivity contribution is -0.147. The number of halogens is 4. The molecule has 0 saturated heterocycles. The van der Waals surface area contributed by atoms with E-state index in [1.165, 1.54) is 0 Å². The average Bonchev–Trinajstić information content (AvgIpc) is 2.37. The molecule has 0 aliphatic heterocycles. The number of hydrogen-bond acceptors (Lipinski definition) is 4. The molecule has 0 radical (unpaired) electrons. The highest BCUT2D eigenvalue weighted by atomic mass is 35.5. The van der Waals surface area contributed by atoms with Gasteiger partial charge in [-0.3, -0.25) is 4.79 Å². The van der Waals surface area contributed by atoms with E-state index in [-0.39, 0.29) is 12.2 Å². The number of carbonyl (C=O) groups is 1. The van der Waals surface area contributed by atoms with Crippen LogP contribution in [0.2, 0.25) is 5.02 Å². The fourth-order valence-corrected chi connectivity index (χ4v) is 1.89. The van der Waals surface area contributed by atoms with Crippen molar-refractivity contribution in [3.8, 4) is 0 Å². The number of aliphatic hydroxyl groups is 2. The van der Waals surface area contributed by atoms with Gasteiger partial charge in [0.25, 0.3) is 0 Å². The number of alkyl halides is 3. The van der Waals surface area contributed by atoms with Gasteiger partial charge in [0.15, 0.2) is 0 Å². The molecule has 1 rings (SSSR count). The molecule has 0 spiro atoms. The van der Waals surface area contributed by atoms with E-state index in [0.29, 0.717) is 6.07 Å². The third-order valence-corrected chi connectivity index (χ3v) is 3.01. The Balaban J connectivity index is 2.92. The van der Waals surface area contributed by atoms with Crippen molar-refractivity contribution >= 4 is 17.6 Å². The molecule has 0 saturated carbocycles. The number of aliphatic hydroxyl groups excluding tert-OH is 2. The second-order valence-corrected chi connectivity index (χ2v) is 4.67. The van der Waals surface area contributed by atoms with Crippen LogP contribution in [0.3, 0.4) is 0 Å². The molecule has 4 nitrogen and oxygen atoms in total. The van der Waals surface area contributed by atoms with Crippen LogP contribution in [0.15, 0.2) is 18.2 Å².